The van der Waals surface area contributed by atoms with Crippen molar-refractivity contribution < 1.29 is 14.3 Å². The number of carbonyl (C=O) groups is 1. The lowest BCUT2D eigenvalue weighted by Gasteiger charge is -2.31. The number of fused-ring (bicyclic) bond motifs is 1. The number of aryl methyl sites for hydroxylation is 1. The Bertz CT molecular complexity index is 998. The summed E-state index contributed by atoms with van der Waals surface area (Å²) in [4.78, 5) is 15.2. The molecule has 1 aliphatic heterocycles. The normalized spacial score (nSPS) is 15.9. The Kier molecular flexibility index (Phi) is 5.42. The Balaban J connectivity index is 1.70. The molecule has 2 amide bonds. The van der Waals surface area contributed by atoms with E-state index in [9.17, 15) is 4.79 Å². The van der Waals surface area contributed by atoms with Gasteiger partial charge in [0.2, 0.25) is 0 Å². The molecule has 2 aromatic carbocycles. The van der Waals surface area contributed by atoms with Crippen LogP contribution in [0.4, 0.5) is 10.5 Å². The summed E-state index contributed by atoms with van der Waals surface area (Å²) < 4.78 is 12.9. The molecule has 4 rings (SSSR count). The molecule has 2 heterocycles. The maximum atomic E-state index is 13.3. The molecule has 0 bridgehead atoms. The molecular formula is C23H25N3O3. The smallest absolute Gasteiger partial charge is 0.322 e. The zero-order valence-corrected chi connectivity index (χ0v) is 16.7. The van der Waals surface area contributed by atoms with Gasteiger partial charge in [0.15, 0.2) is 0 Å². The Hall–Kier alpha value is -3.41. The van der Waals surface area contributed by atoms with Crippen molar-refractivity contribution in [2.45, 2.75) is 19.0 Å². The third kappa shape index (κ3) is 3.92. The molecule has 0 saturated heterocycles. The molecule has 1 unspecified atom stereocenters. The number of rotatable bonds is 4. The van der Waals surface area contributed by atoms with E-state index in [4.69, 9.17) is 9.47 Å². The van der Waals surface area contributed by atoms with Crippen molar-refractivity contribution in [3.05, 3.63) is 78.1 Å². The number of hydrogen-bond acceptors (Lipinski definition) is 3. The number of hydrogen-bond donors (Lipinski definition) is 1. The minimum Gasteiger partial charge on any atom is -0.497 e. The van der Waals surface area contributed by atoms with Crippen molar-refractivity contribution in [1.82, 2.24) is 9.47 Å². The zero-order valence-electron chi connectivity index (χ0n) is 16.7. The number of amides is 2. The van der Waals surface area contributed by atoms with E-state index in [2.05, 4.69) is 22.1 Å². The van der Waals surface area contributed by atoms with Crippen LogP contribution in [0.1, 0.15) is 23.7 Å². The van der Waals surface area contributed by atoms with Crippen LogP contribution in [-0.4, -0.2) is 36.3 Å². The second kappa shape index (κ2) is 8.31. The molecule has 1 atom stereocenters. The van der Waals surface area contributed by atoms with E-state index >= 15 is 0 Å². The monoisotopic (exact) mass is 391 g/mol. The summed E-state index contributed by atoms with van der Waals surface area (Å²) in [5.41, 5.74) is 2.82. The number of anilines is 1. The maximum Gasteiger partial charge on any atom is 0.322 e. The summed E-state index contributed by atoms with van der Waals surface area (Å²) in [5, 5.41) is 3.03. The summed E-state index contributed by atoms with van der Waals surface area (Å²) >= 11 is 0. The van der Waals surface area contributed by atoms with Crippen molar-refractivity contribution in [2.24, 2.45) is 0 Å². The molecule has 1 N–H and O–H groups in total. The number of aromatic nitrogens is 1. The molecule has 150 valence electrons. The molecule has 3 aromatic rings. The summed E-state index contributed by atoms with van der Waals surface area (Å²) in [6.07, 6.45) is 2.96. The quantitative estimate of drug-likeness (QED) is 0.711. The van der Waals surface area contributed by atoms with E-state index < -0.39 is 0 Å². The highest BCUT2D eigenvalue weighted by Crippen LogP contribution is 2.34. The van der Waals surface area contributed by atoms with Crippen molar-refractivity contribution in [3.8, 4) is 11.5 Å². The fraction of sp³-hybridized carbons (Fsp3) is 0.261. The molecule has 1 aliphatic rings. The second-order valence-electron chi connectivity index (χ2n) is 7.01. The van der Waals surface area contributed by atoms with Crippen LogP contribution >= 0.6 is 0 Å². The van der Waals surface area contributed by atoms with Gasteiger partial charge in [-0.15, -0.1) is 0 Å². The summed E-state index contributed by atoms with van der Waals surface area (Å²) in [6, 6.07) is 19.1. The molecule has 29 heavy (non-hydrogen) atoms. The standard InChI is InChI=1S/C23H25N3O3/c1-28-19-9-3-7-17(15-19)22-21-11-5-12-25(21)13-6-14-26(22)23(27)24-18-8-4-10-20(16-18)29-2/h3-5,7-12,15-16,22H,6,13-14H2,1-2H3,(H,24,27). The van der Waals surface area contributed by atoms with E-state index in [1.54, 1.807) is 14.2 Å². The van der Waals surface area contributed by atoms with Crippen molar-refractivity contribution in [2.75, 3.05) is 26.1 Å². The van der Waals surface area contributed by atoms with Gasteiger partial charge < -0.3 is 24.3 Å². The number of methoxy groups -OCH3 is 2. The van der Waals surface area contributed by atoms with Crippen LogP contribution in [-0.2, 0) is 6.54 Å². The first-order valence-corrected chi connectivity index (χ1v) is 9.70. The fourth-order valence-electron chi connectivity index (χ4n) is 3.86. The first-order chi connectivity index (χ1) is 14.2. The van der Waals surface area contributed by atoms with Crippen LogP contribution < -0.4 is 14.8 Å². The third-order valence-corrected chi connectivity index (χ3v) is 5.25. The first-order valence-electron chi connectivity index (χ1n) is 9.70. The Morgan fingerprint density at radius 1 is 0.966 bits per heavy atom. The minimum atomic E-state index is -0.201. The molecule has 0 fully saturated rings. The van der Waals surface area contributed by atoms with Gasteiger partial charge in [-0.2, -0.15) is 0 Å². The number of urea groups is 1. The molecule has 6 nitrogen and oxygen atoms in total. The number of nitrogens with one attached hydrogen (secondary N) is 1. The van der Waals surface area contributed by atoms with Crippen molar-refractivity contribution >= 4 is 11.7 Å². The van der Waals surface area contributed by atoms with E-state index in [1.165, 1.54) is 0 Å². The van der Waals surface area contributed by atoms with Gasteiger partial charge >= 0.3 is 6.03 Å². The van der Waals surface area contributed by atoms with Crippen LogP contribution in [0.3, 0.4) is 0 Å². The lowest BCUT2D eigenvalue weighted by molar-refractivity contribution is 0.199. The fourth-order valence-corrected chi connectivity index (χ4v) is 3.86. The molecule has 0 aliphatic carbocycles. The van der Waals surface area contributed by atoms with E-state index in [1.807, 2.05) is 59.5 Å². The molecule has 0 spiro atoms. The van der Waals surface area contributed by atoms with Crippen LogP contribution in [0, 0.1) is 0 Å². The van der Waals surface area contributed by atoms with Crippen LogP contribution in [0.2, 0.25) is 0 Å². The van der Waals surface area contributed by atoms with Gasteiger partial charge in [-0.3, -0.25) is 0 Å². The minimum absolute atomic E-state index is 0.138. The maximum absolute atomic E-state index is 13.3. The van der Waals surface area contributed by atoms with Gasteiger partial charge in [0, 0.05) is 36.7 Å². The summed E-state index contributed by atoms with van der Waals surface area (Å²) in [6.45, 7) is 1.53. The van der Waals surface area contributed by atoms with Crippen molar-refractivity contribution in [1.29, 1.82) is 0 Å². The van der Waals surface area contributed by atoms with E-state index in [-0.39, 0.29) is 12.1 Å². The largest absolute Gasteiger partial charge is 0.497 e. The summed E-state index contributed by atoms with van der Waals surface area (Å²) in [7, 11) is 3.27. The predicted octanol–water partition coefficient (Wildman–Crippen LogP) is 4.53. The van der Waals surface area contributed by atoms with Gasteiger partial charge in [0.05, 0.1) is 20.3 Å². The van der Waals surface area contributed by atoms with E-state index in [0.717, 1.165) is 30.0 Å². The molecule has 6 heteroatoms. The average Bonchev–Trinajstić information content (AvgIpc) is 3.13. The molecule has 1 aromatic heterocycles. The van der Waals surface area contributed by atoms with Gasteiger partial charge in [0.1, 0.15) is 11.5 Å². The Labute approximate surface area is 170 Å². The van der Waals surface area contributed by atoms with Crippen LogP contribution in [0.25, 0.3) is 0 Å². The lowest BCUT2D eigenvalue weighted by atomic mass is 10.0. The Morgan fingerprint density at radius 3 is 2.52 bits per heavy atom. The highest BCUT2D eigenvalue weighted by atomic mass is 16.5. The van der Waals surface area contributed by atoms with Crippen LogP contribution in [0.15, 0.2) is 66.9 Å². The third-order valence-electron chi connectivity index (χ3n) is 5.25. The topological polar surface area (TPSA) is 55.7 Å². The average molecular weight is 391 g/mol. The summed E-state index contributed by atoms with van der Waals surface area (Å²) in [5.74, 6) is 1.48. The molecule has 0 saturated carbocycles. The number of carbonyl (C=O) groups excluding carboxylic acids is 1. The Morgan fingerprint density at radius 2 is 1.72 bits per heavy atom. The number of ether oxygens (including phenoxy) is 2. The highest BCUT2D eigenvalue weighted by molar-refractivity contribution is 5.90. The second-order valence-corrected chi connectivity index (χ2v) is 7.01. The highest BCUT2D eigenvalue weighted by Gasteiger charge is 2.31. The molecule has 0 radical (unpaired) electrons. The van der Waals surface area contributed by atoms with Crippen LogP contribution in [0.5, 0.6) is 11.5 Å². The SMILES string of the molecule is COc1cccc(NC(=O)N2CCCn3cccc3C2c2cccc(OC)c2)c1. The van der Waals surface area contributed by atoms with Gasteiger partial charge in [-0.05, 0) is 48.4 Å². The van der Waals surface area contributed by atoms with Gasteiger partial charge in [-0.25, -0.2) is 4.79 Å². The van der Waals surface area contributed by atoms with Gasteiger partial charge in [-0.1, -0.05) is 18.2 Å². The first kappa shape index (κ1) is 18.9. The van der Waals surface area contributed by atoms with Crippen molar-refractivity contribution in [3.63, 3.8) is 0 Å². The predicted molar refractivity (Wildman–Crippen MR) is 113 cm³/mol. The van der Waals surface area contributed by atoms with E-state index in [0.29, 0.717) is 18.0 Å². The number of benzene rings is 2. The lowest BCUT2D eigenvalue weighted by Crippen LogP contribution is -2.38. The number of nitrogens with zero attached hydrogens (tertiary/aromatic N) is 2. The zero-order chi connectivity index (χ0) is 20.2. The van der Waals surface area contributed by atoms with Gasteiger partial charge in [0.25, 0.3) is 0 Å². The molecular weight excluding hydrogens is 366 g/mol.